The summed E-state index contributed by atoms with van der Waals surface area (Å²) in [4.78, 5) is 11.8. The van der Waals surface area contributed by atoms with Gasteiger partial charge in [0.2, 0.25) is 0 Å². The lowest BCUT2D eigenvalue weighted by Crippen LogP contribution is -2.55. The first-order valence-corrected chi connectivity index (χ1v) is 6.75. The molecule has 0 bridgehead atoms. The zero-order valence-electron chi connectivity index (χ0n) is 11.5. The van der Waals surface area contributed by atoms with Crippen LogP contribution >= 0.6 is 0 Å². The van der Waals surface area contributed by atoms with Crippen LogP contribution in [-0.2, 0) is 9.47 Å². The highest BCUT2D eigenvalue weighted by atomic mass is 16.6. The number of nitrogens with one attached hydrogen (secondary N) is 2. The first kappa shape index (κ1) is 13.6. The molecule has 0 saturated carbocycles. The molecule has 2 heterocycles. The molecular weight excluding hydrogens is 232 g/mol. The van der Waals surface area contributed by atoms with Gasteiger partial charge >= 0.3 is 6.09 Å². The molecule has 0 aromatic carbocycles. The molecule has 5 nitrogen and oxygen atoms in total. The van der Waals surface area contributed by atoms with Crippen LogP contribution in [0.3, 0.4) is 0 Å². The van der Waals surface area contributed by atoms with Crippen molar-refractivity contribution in [2.24, 2.45) is 0 Å². The van der Waals surface area contributed by atoms with E-state index in [0.717, 1.165) is 39.0 Å². The van der Waals surface area contributed by atoms with E-state index in [2.05, 4.69) is 10.6 Å². The van der Waals surface area contributed by atoms with Crippen LogP contribution in [0.25, 0.3) is 0 Å². The van der Waals surface area contributed by atoms with Crippen LogP contribution in [0.2, 0.25) is 0 Å². The van der Waals surface area contributed by atoms with Gasteiger partial charge in [-0.15, -0.1) is 0 Å². The average Bonchev–Trinajstić information content (AvgIpc) is 2.60. The molecular formula is C13H24N2O3. The largest absolute Gasteiger partial charge is 0.444 e. The van der Waals surface area contributed by atoms with E-state index >= 15 is 0 Å². The molecule has 2 saturated heterocycles. The number of amides is 1. The molecule has 2 rings (SSSR count). The van der Waals surface area contributed by atoms with E-state index in [-0.39, 0.29) is 17.7 Å². The van der Waals surface area contributed by atoms with Crippen LogP contribution in [0.1, 0.15) is 40.0 Å². The highest BCUT2D eigenvalue weighted by Gasteiger charge is 2.46. The zero-order chi connectivity index (χ0) is 13.2. The number of hydrogen-bond donors (Lipinski definition) is 2. The highest BCUT2D eigenvalue weighted by molar-refractivity contribution is 5.68. The molecule has 104 valence electrons. The molecule has 0 aromatic heterocycles. The third kappa shape index (κ3) is 3.14. The smallest absolute Gasteiger partial charge is 0.408 e. The normalized spacial score (nSPS) is 32.5. The molecule has 2 aliphatic rings. The summed E-state index contributed by atoms with van der Waals surface area (Å²) < 4.78 is 11.2. The van der Waals surface area contributed by atoms with Crippen molar-refractivity contribution in [2.75, 3.05) is 19.7 Å². The van der Waals surface area contributed by atoms with Gasteiger partial charge in [-0.1, -0.05) is 0 Å². The summed E-state index contributed by atoms with van der Waals surface area (Å²) >= 11 is 0. The van der Waals surface area contributed by atoms with Gasteiger partial charge in [-0.25, -0.2) is 4.79 Å². The van der Waals surface area contributed by atoms with Crippen molar-refractivity contribution >= 4 is 6.09 Å². The lowest BCUT2D eigenvalue weighted by atomic mass is 9.89. The Hall–Kier alpha value is -0.810. The van der Waals surface area contributed by atoms with Crippen molar-refractivity contribution in [2.45, 2.75) is 57.3 Å². The lowest BCUT2D eigenvalue weighted by molar-refractivity contribution is -0.0797. The molecule has 1 spiro atoms. The zero-order valence-corrected chi connectivity index (χ0v) is 11.5. The van der Waals surface area contributed by atoms with Crippen LogP contribution in [-0.4, -0.2) is 43.0 Å². The molecule has 2 N–H and O–H groups in total. The minimum Gasteiger partial charge on any atom is -0.444 e. The molecule has 0 radical (unpaired) electrons. The predicted molar refractivity (Wildman–Crippen MR) is 68.6 cm³/mol. The van der Waals surface area contributed by atoms with Crippen LogP contribution < -0.4 is 10.6 Å². The third-order valence-electron chi connectivity index (χ3n) is 3.48. The molecule has 2 atom stereocenters. The molecule has 1 amide bonds. The van der Waals surface area contributed by atoms with Crippen molar-refractivity contribution in [3.05, 3.63) is 0 Å². The molecule has 0 aliphatic carbocycles. The fraction of sp³-hybridized carbons (Fsp3) is 0.923. The van der Waals surface area contributed by atoms with Crippen molar-refractivity contribution in [1.29, 1.82) is 0 Å². The van der Waals surface area contributed by atoms with Crippen LogP contribution in [0.4, 0.5) is 4.79 Å². The van der Waals surface area contributed by atoms with Gasteiger partial charge in [0.1, 0.15) is 11.2 Å². The molecule has 0 aromatic rings. The fourth-order valence-corrected chi connectivity index (χ4v) is 2.66. The van der Waals surface area contributed by atoms with E-state index in [9.17, 15) is 4.79 Å². The maximum absolute atomic E-state index is 11.8. The maximum Gasteiger partial charge on any atom is 0.408 e. The van der Waals surface area contributed by atoms with Gasteiger partial charge in [-0.2, -0.15) is 0 Å². The van der Waals surface area contributed by atoms with Gasteiger partial charge in [0.15, 0.2) is 0 Å². The van der Waals surface area contributed by atoms with Gasteiger partial charge in [-0.05, 0) is 40.0 Å². The van der Waals surface area contributed by atoms with Gasteiger partial charge in [0.05, 0.1) is 6.04 Å². The number of carbonyl (C=O) groups excluding carboxylic acids is 1. The Labute approximate surface area is 109 Å². The third-order valence-corrected chi connectivity index (χ3v) is 3.48. The van der Waals surface area contributed by atoms with E-state index in [1.807, 2.05) is 20.8 Å². The Bertz CT molecular complexity index is 306. The van der Waals surface area contributed by atoms with Crippen LogP contribution in [0.15, 0.2) is 0 Å². The fourth-order valence-electron chi connectivity index (χ4n) is 2.66. The second-order valence-electron chi connectivity index (χ2n) is 6.20. The SMILES string of the molecule is CC(C)(C)OC(=O)N[C@@H]1CNC[C@@]12CCCCO2. The van der Waals surface area contributed by atoms with Crippen molar-refractivity contribution in [3.8, 4) is 0 Å². The van der Waals surface area contributed by atoms with Crippen molar-refractivity contribution in [1.82, 2.24) is 10.6 Å². The van der Waals surface area contributed by atoms with Gasteiger partial charge in [0.25, 0.3) is 0 Å². The standard InChI is InChI=1S/C13H24N2O3/c1-12(2,3)18-11(16)15-10-8-14-9-13(10)6-4-5-7-17-13/h10,14H,4-9H2,1-3H3,(H,15,16)/t10-,13+/m1/s1. The Kier molecular flexibility index (Phi) is 3.82. The average molecular weight is 256 g/mol. The summed E-state index contributed by atoms with van der Waals surface area (Å²) in [6.07, 6.45) is 2.92. The second-order valence-corrected chi connectivity index (χ2v) is 6.20. The van der Waals surface area contributed by atoms with Crippen LogP contribution in [0.5, 0.6) is 0 Å². The Morgan fingerprint density at radius 3 is 2.83 bits per heavy atom. The highest BCUT2D eigenvalue weighted by Crippen LogP contribution is 2.30. The Morgan fingerprint density at radius 1 is 1.44 bits per heavy atom. The summed E-state index contributed by atoms with van der Waals surface area (Å²) in [7, 11) is 0. The monoisotopic (exact) mass is 256 g/mol. The summed E-state index contributed by atoms with van der Waals surface area (Å²) in [6, 6.07) is 0.00708. The lowest BCUT2D eigenvalue weighted by Gasteiger charge is -2.38. The number of rotatable bonds is 1. The Balaban J connectivity index is 1.93. The minimum absolute atomic E-state index is 0.00708. The van der Waals surface area contributed by atoms with E-state index in [0.29, 0.717) is 0 Å². The second kappa shape index (κ2) is 5.05. The topological polar surface area (TPSA) is 59.6 Å². The molecule has 2 fully saturated rings. The number of alkyl carbamates (subject to hydrolysis) is 1. The summed E-state index contributed by atoms with van der Waals surface area (Å²) in [5.74, 6) is 0. The van der Waals surface area contributed by atoms with Gasteiger partial charge in [0, 0.05) is 19.7 Å². The number of hydrogen-bond acceptors (Lipinski definition) is 4. The summed E-state index contributed by atoms with van der Waals surface area (Å²) in [6.45, 7) is 7.95. The van der Waals surface area contributed by atoms with E-state index < -0.39 is 5.60 Å². The van der Waals surface area contributed by atoms with E-state index in [1.54, 1.807) is 0 Å². The first-order chi connectivity index (χ1) is 8.41. The van der Waals surface area contributed by atoms with E-state index in [4.69, 9.17) is 9.47 Å². The van der Waals surface area contributed by atoms with Crippen molar-refractivity contribution in [3.63, 3.8) is 0 Å². The summed E-state index contributed by atoms with van der Waals surface area (Å²) in [5, 5.41) is 6.25. The molecule has 0 unspecified atom stereocenters. The van der Waals surface area contributed by atoms with E-state index in [1.165, 1.54) is 0 Å². The van der Waals surface area contributed by atoms with Gasteiger partial charge < -0.3 is 20.1 Å². The molecule has 18 heavy (non-hydrogen) atoms. The summed E-state index contributed by atoms with van der Waals surface area (Å²) in [5.41, 5.74) is -0.689. The number of ether oxygens (including phenoxy) is 2. The van der Waals surface area contributed by atoms with Crippen molar-refractivity contribution < 1.29 is 14.3 Å². The Morgan fingerprint density at radius 2 is 2.22 bits per heavy atom. The minimum atomic E-state index is -0.462. The molecule has 2 aliphatic heterocycles. The van der Waals surface area contributed by atoms with Crippen LogP contribution in [0, 0.1) is 0 Å². The number of carbonyl (C=O) groups is 1. The predicted octanol–water partition coefficient (Wildman–Crippen LogP) is 1.42. The molecule has 5 heteroatoms. The first-order valence-electron chi connectivity index (χ1n) is 6.75. The van der Waals surface area contributed by atoms with Gasteiger partial charge in [-0.3, -0.25) is 0 Å². The maximum atomic E-state index is 11.8. The quantitative estimate of drug-likeness (QED) is 0.745.